The number of carbonyl (C=O) groups is 1. The summed E-state index contributed by atoms with van der Waals surface area (Å²) in [5.41, 5.74) is 0. The zero-order valence-corrected chi connectivity index (χ0v) is 16.4. The highest BCUT2D eigenvalue weighted by molar-refractivity contribution is 5.92. The summed E-state index contributed by atoms with van der Waals surface area (Å²) in [5, 5.41) is 19.5. The van der Waals surface area contributed by atoms with Crippen molar-refractivity contribution in [2.45, 2.75) is 19.8 Å². The molecule has 2 aromatic rings. The van der Waals surface area contributed by atoms with Gasteiger partial charge in [-0.1, -0.05) is 6.92 Å². The summed E-state index contributed by atoms with van der Waals surface area (Å²) in [6.45, 7) is 6.51. The first-order chi connectivity index (χ1) is 14.0. The number of nitro groups is 1. The molecule has 154 valence electrons. The molecule has 0 radical (unpaired) electrons. The van der Waals surface area contributed by atoms with Crippen molar-refractivity contribution < 1.29 is 14.1 Å². The monoisotopic (exact) mass is 400 g/mol. The Morgan fingerprint density at radius 3 is 2.10 bits per heavy atom. The SMILES string of the molecule is CC1CCN(c2ccc(N3CCN(C(=O)c4ccc([N+](=O)[O-])o4)CC3)nn2)CC1. The average Bonchev–Trinajstić information content (AvgIpc) is 3.25. The van der Waals surface area contributed by atoms with Crippen LogP contribution in [0.2, 0.25) is 0 Å². The van der Waals surface area contributed by atoms with Crippen molar-refractivity contribution >= 4 is 23.4 Å². The highest BCUT2D eigenvalue weighted by Crippen LogP contribution is 2.23. The van der Waals surface area contributed by atoms with E-state index in [2.05, 4.69) is 26.9 Å². The van der Waals surface area contributed by atoms with Gasteiger partial charge in [0.15, 0.2) is 17.4 Å². The summed E-state index contributed by atoms with van der Waals surface area (Å²) in [5.74, 6) is 1.70. The number of anilines is 2. The maximum absolute atomic E-state index is 12.5. The second kappa shape index (κ2) is 8.06. The van der Waals surface area contributed by atoms with Crippen LogP contribution in [0, 0.1) is 16.0 Å². The number of hydrogen-bond acceptors (Lipinski definition) is 8. The lowest BCUT2D eigenvalue weighted by molar-refractivity contribution is -0.402. The van der Waals surface area contributed by atoms with Gasteiger partial charge in [0, 0.05) is 39.3 Å². The molecule has 0 unspecified atom stereocenters. The molecule has 0 spiro atoms. The van der Waals surface area contributed by atoms with Gasteiger partial charge in [0.1, 0.15) is 4.92 Å². The van der Waals surface area contributed by atoms with Crippen LogP contribution in [0.5, 0.6) is 0 Å². The Morgan fingerprint density at radius 1 is 1.00 bits per heavy atom. The molecule has 10 nitrogen and oxygen atoms in total. The fourth-order valence-electron chi connectivity index (χ4n) is 3.73. The van der Waals surface area contributed by atoms with E-state index in [0.29, 0.717) is 26.2 Å². The molecule has 0 atom stereocenters. The summed E-state index contributed by atoms with van der Waals surface area (Å²) in [4.78, 5) is 28.5. The molecule has 1 amide bonds. The Hall–Kier alpha value is -3.17. The van der Waals surface area contributed by atoms with E-state index in [1.807, 2.05) is 12.1 Å². The predicted molar refractivity (Wildman–Crippen MR) is 106 cm³/mol. The van der Waals surface area contributed by atoms with Crippen molar-refractivity contribution in [2.24, 2.45) is 5.92 Å². The van der Waals surface area contributed by atoms with Crippen LogP contribution in [-0.4, -0.2) is 65.2 Å². The maximum Gasteiger partial charge on any atom is 0.433 e. The van der Waals surface area contributed by atoms with Crippen molar-refractivity contribution in [3.8, 4) is 0 Å². The third-order valence-corrected chi connectivity index (χ3v) is 5.62. The first-order valence-corrected chi connectivity index (χ1v) is 9.88. The Morgan fingerprint density at radius 2 is 1.59 bits per heavy atom. The van der Waals surface area contributed by atoms with Crippen LogP contribution in [0.3, 0.4) is 0 Å². The zero-order valence-electron chi connectivity index (χ0n) is 16.4. The molecule has 2 aliphatic rings. The van der Waals surface area contributed by atoms with Crippen LogP contribution in [0.15, 0.2) is 28.7 Å². The summed E-state index contributed by atoms with van der Waals surface area (Å²) >= 11 is 0. The number of carbonyl (C=O) groups excluding carboxylic acids is 1. The lowest BCUT2D eigenvalue weighted by atomic mass is 9.99. The molecule has 4 heterocycles. The molecule has 0 aromatic carbocycles. The lowest BCUT2D eigenvalue weighted by Crippen LogP contribution is -2.49. The molecule has 2 aromatic heterocycles. The van der Waals surface area contributed by atoms with E-state index in [4.69, 9.17) is 4.42 Å². The molecular formula is C19H24N6O4. The van der Waals surface area contributed by atoms with E-state index in [1.165, 1.54) is 25.0 Å². The minimum atomic E-state index is -0.651. The molecule has 4 rings (SSSR count). The minimum Gasteiger partial charge on any atom is -0.395 e. The summed E-state index contributed by atoms with van der Waals surface area (Å²) in [6, 6.07) is 6.54. The highest BCUT2D eigenvalue weighted by Gasteiger charge is 2.27. The second-order valence-corrected chi connectivity index (χ2v) is 7.59. The number of piperidine rings is 1. The number of piperazine rings is 1. The van der Waals surface area contributed by atoms with Crippen LogP contribution in [0.25, 0.3) is 0 Å². The van der Waals surface area contributed by atoms with E-state index < -0.39 is 10.8 Å². The van der Waals surface area contributed by atoms with Crippen molar-refractivity contribution in [3.05, 3.63) is 40.1 Å². The van der Waals surface area contributed by atoms with Crippen LogP contribution in [0.4, 0.5) is 17.5 Å². The van der Waals surface area contributed by atoms with E-state index in [1.54, 1.807) is 4.90 Å². The standard InChI is InChI=1S/C19H24N6O4/c1-14-6-8-22(9-7-14)16-3-4-17(21-20-16)23-10-12-24(13-11-23)19(26)15-2-5-18(29-15)25(27)28/h2-5,14H,6-13H2,1H3. The predicted octanol–water partition coefficient (Wildman–Crippen LogP) is 2.18. The van der Waals surface area contributed by atoms with Gasteiger partial charge < -0.3 is 19.1 Å². The van der Waals surface area contributed by atoms with E-state index in [9.17, 15) is 14.9 Å². The van der Waals surface area contributed by atoms with E-state index in [0.717, 1.165) is 30.6 Å². The molecule has 2 saturated heterocycles. The van der Waals surface area contributed by atoms with Crippen molar-refractivity contribution in [1.82, 2.24) is 15.1 Å². The fraction of sp³-hybridized carbons (Fsp3) is 0.526. The van der Waals surface area contributed by atoms with Crippen LogP contribution < -0.4 is 9.80 Å². The summed E-state index contributed by atoms with van der Waals surface area (Å²) in [7, 11) is 0. The molecule has 0 saturated carbocycles. The highest BCUT2D eigenvalue weighted by atomic mass is 16.6. The van der Waals surface area contributed by atoms with E-state index in [-0.39, 0.29) is 11.7 Å². The smallest absolute Gasteiger partial charge is 0.395 e. The molecule has 2 fully saturated rings. The maximum atomic E-state index is 12.5. The number of amides is 1. The Balaban J connectivity index is 1.33. The van der Waals surface area contributed by atoms with Gasteiger partial charge in [0.05, 0.1) is 6.07 Å². The van der Waals surface area contributed by atoms with Gasteiger partial charge in [-0.25, -0.2) is 0 Å². The zero-order chi connectivity index (χ0) is 20.4. The molecule has 0 N–H and O–H groups in total. The van der Waals surface area contributed by atoms with Gasteiger partial charge in [-0.05, 0) is 37.0 Å². The van der Waals surface area contributed by atoms with Gasteiger partial charge in [-0.2, -0.15) is 0 Å². The fourth-order valence-corrected chi connectivity index (χ4v) is 3.73. The van der Waals surface area contributed by atoms with E-state index >= 15 is 0 Å². The first kappa shape index (κ1) is 19.2. The Kier molecular flexibility index (Phi) is 5.32. The summed E-state index contributed by atoms with van der Waals surface area (Å²) < 4.78 is 5.02. The third-order valence-electron chi connectivity index (χ3n) is 5.62. The number of rotatable bonds is 4. The third kappa shape index (κ3) is 4.15. The second-order valence-electron chi connectivity index (χ2n) is 7.59. The average molecular weight is 400 g/mol. The Labute approximate surface area is 168 Å². The van der Waals surface area contributed by atoms with Gasteiger partial charge in [0.25, 0.3) is 5.91 Å². The molecule has 29 heavy (non-hydrogen) atoms. The number of aromatic nitrogens is 2. The lowest BCUT2D eigenvalue weighted by Gasteiger charge is -2.35. The molecule has 2 aliphatic heterocycles. The molecule has 0 aliphatic carbocycles. The van der Waals surface area contributed by atoms with Gasteiger partial charge in [-0.15, -0.1) is 10.2 Å². The topological polar surface area (TPSA) is 109 Å². The van der Waals surface area contributed by atoms with Gasteiger partial charge in [-0.3, -0.25) is 14.9 Å². The van der Waals surface area contributed by atoms with Crippen molar-refractivity contribution in [1.29, 1.82) is 0 Å². The Bertz CT molecular complexity index is 867. The molecule has 0 bridgehead atoms. The van der Waals surface area contributed by atoms with Crippen LogP contribution >= 0.6 is 0 Å². The molecule has 10 heteroatoms. The van der Waals surface area contributed by atoms with Gasteiger partial charge in [0.2, 0.25) is 0 Å². The normalized spacial score (nSPS) is 18.2. The summed E-state index contributed by atoms with van der Waals surface area (Å²) in [6.07, 6.45) is 2.36. The van der Waals surface area contributed by atoms with Crippen LogP contribution in [0.1, 0.15) is 30.3 Å². The molecular weight excluding hydrogens is 376 g/mol. The van der Waals surface area contributed by atoms with Crippen molar-refractivity contribution in [2.75, 3.05) is 49.1 Å². The number of hydrogen-bond donors (Lipinski definition) is 0. The van der Waals surface area contributed by atoms with Crippen molar-refractivity contribution in [3.63, 3.8) is 0 Å². The number of nitrogens with zero attached hydrogens (tertiary/aromatic N) is 6. The largest absolute Gasteiger partial charge is 0.433 e. The van der Waals surface area contributed by atoms with Crippen LogP contribution in [-0.2, 0) is 0 Å². The minimum absolute atomic E-state index is 0.00913. The number of furan rings is 1. The first-order valence-electron chi connectivity index (χ1n) is 9.88. The van der Waals surface area contributed by atoms with Gasteiger partial charge >= 0.3 is 5.88 Å². The quantitative estimate of drug-likeness (QED) is 0.567.